The number of ether oxygens (including phenoxy) is 2. The summed E-state index contributed by atoms with van der Waals surface area (Å²) in [6.45, 7) is 6.60. The van der Waals surface area contributed by atoms with Gasteiger partial charge in [0.15, 0.2) is 0 Å². The van der Waals surface area contributed by atoms with E-state index in [2.05, 4.69) is 10.2 Å². The smallest absolute Gasteiger partial charge is 0.254 e. The average Bonchev–Trinajstić information content (AvgIpc) is 2.95. The first-order valence-corrected chi connectivity index (χ1v) is 14.0. The third-order valence-electron chi connectivity index (χ3n) is 8.36. The van der Waals surface area contributed by atoms with Gasteiger partial charge < -0.3 is 24.6 Å². The summed E-state index contributed by atoms with van der Waals surface area (Å²) in [5.41, 5.74) is 0.00591. The van der Waals surface area contributed by atoms with E-state index in [4.69, 9.17) is 21.1 Å². The lowest BCUT2D eigenvalue weighted by atomic mass is 9.81. The zero-order valence-corrected chi connectivity index (χ0v) is 23.7. The van der Waals surface area contributed by atoms with Gasteiger partial charge >= 0.3 is 0 Å². The number of rotatable bonds is 9. The van der Waals surface area contributed by atoms with Gasteiger partial charge in [0.2, 0.25) is 5.91 Å². The Balaban J connectivity index is 1.67. The molecule has 7 nitrogen and oxygen atoms in total. The van der Waals surface area contributed by atoms with Crippen LogP contribution in [-0.4, -0.2) is 67.0 Å². The largest absolute Gasteiger partial charge is 0.497 e. The maximum Gasteiger partial charge on any atom is 0.254 e. The number of amides is 2. The molecule has 0 aromatic heterocycles. The van der Waals surface area contributed by atoms with Gasteiger partial charge in [0.1, 0.15) is 17.0 Å². The van der Waals surface area contributed by atoms with Crippen LogP contribution in [-0.2, 0) is 4.79 Å². The zero-order valence-electron chi connectivity index (χ0n) is 23.0. The Hall–Kier alpha value is -2.77. The fourth-order valence-electron chi connectivity index (χ4n) is 5.90. The highest BCUT2D eigenvalue weighted by atomic mass is 35.5. The maximum absolute atomic E-state index is 14.1. The Bertz CT molecular complexity index is 1100. The lowest BCUT2D eigenvalue weighted by Crippen LogP contribution is -2.60. The van der Waals surface area contributed by atoms with Crippen LogP contribution in [0, 0.1) is 5.92 Å². The molecule has 0 saturated carbocycles. The van der Waals surface area contributed by atoms with Crippen molar-refractivity contribution >= 4 is 29.1 Å². The van der Waals surface area contributed by atoms with Crippen LogP contribution < -0.4 is 14.8 Å². The van der Waals surface area contributed by atoms with Gasteiger partial charge in [0, 0.05) is 47.1 Å². The van der Waals surface area contributed by atoms with Crippen molar-refractivity contribution in [3.05, 3.63) is 53.1 Å². The molecule has 3 atom stereocenters. The van der Waals surface area contributed by atoms with E-state index in [0.29, 0.717) is 52.7 Å². The second-order valence-corrected chi connectivity index (χ2v) is 11.0. The third-order valence-corrected chi connectivity index (χ3v) is 8.62. The van der Waals surface area contributed by atoms with Crippen molar-refractivity contribution < 1.29 is 19.1 Å². The molecule has 2 aliphatic heterocycles. The molecule has 2 heterocycles. The molecule has 0 spiro atoms. The molecule has 2 aromatic carbocycles. The third kappa shape index (κ3) is 6.10. The van der Waals surface area contributed by atoms with E-state index in [1.807, 2.05) is 18.7 Å². The Morgan fingerprint density at radius 2 is 1.68 bits per heavy atom. The topological polar surface area (TPSA) is 71.1 Å². The van der Waals surface area contributed by atoms with Crippen molar-refractivity contribution in [2.45, 2.75) is 64.0 Å². The number of carbonyl (C=O) groups excluding carboxylic acids is 2. The Morgan fingerprint density at radius 3 is 2.32 bits per heavy atom. The number of nitrogens with zero attached hydrogens (tertiary/aromatic N) is 2. The molecular weight excluding hydrogens is 502 g/mol. The summed E-state index contributed by atoms with van der Waals surface area (Å²) in [6.07, 6.45) is 6.22. The first-order valence-electron chi connectivity index (χ1n) is 13.6. The molecule has 2 aromatic rings. The molecule has 0 bridgehead atoms. The monoisotopic (exact) mass is 541 g/mol. The van der Waals surface area contributed by atoms with Gasteiger partial charge in [-0.15, -0.1) is 0 Å². The number of anilines is 1. The summed E-state index contributed by atoms with van der Waals surface area (Å²) in [5.74, 6) is 1.07. The summed E-state index contributed by atoms with van der Waals surface area (Å²) < 4.78 is 10.8. The summed E-state index contributed by atoms with van der Waals surface area (Å²) in [6, 6.07) is 12.6. The number of benzene rings is 2. The predicted molar refractivity (Wildman–Crippen MR) is 151 cm³/mol. The van der Waals surface area contributed by atoms with Crippen molar-refractivity contribution in [1.29, 1.82) is 0 Å². The maximum atomic E-state index is 14.1. The van der Waals surface area contributed by atoms with Gasteiger partial charge in [-0.25, -0.2) is 0 Å². The van der Waals surface area contributed by atoms with Crippen molar-refractivity contribution in [3.8, 4) is 11.5 Å². The van der Waals surface area contributed by atoms with Gasteiger partial charge in [-0.05, 0) is 82.3 Å². The van der Waals surface area contributed by atoms with E-state index in [1.165, 1.54) is 12.8 Å². The molecule has 2 aliphatic rings. The van der Waals surface area contributed by atoms with Gasteiger partial charge in [-0.1, -0.05) is 24.9 Å². The molecule has 2 amide bonds. The fourth-order valence-corrected chi connectivity index (χ4v) is 6.03. The molecule has 38 heavy (non-hydrogen) atoms. The van der Waals surface area contributed by atoms with E-state index in [1.54, 1.807) is 56.7 Å². The highest BCUT2D eigenvalue weighted by molar-refractivity contribution is 6.30. The first kappa shape index (κ1) is 28.2. The van der Waals surface area contributed by atoms with Crippen LogP contribution in [0.5, 0.6) is 11.5 Å². The van der Waals surface area contributed by atoms with E-state index >= 15 is 0 Å². The summed E-state index contributed by atoms with van der Waals surface area (Å²) in [5, 5.41) is 3.62. The van der Waals surface area contributed by atoms with Crippen molar-refractivity contribution in [2.75, 3.05) is 39.2 Å². The molecule has 8 heteroatoms. The number of piperidine rings is 2. The second-order valence-electron chi connectivity index (χ2n) is 10.6. The van der Waals surface area contributed by atoms with Crippen LogP contribution in [0.1, 0.15) is 62.7 Å². The van der Waals surface area contributed by atoms with Crippen LogP contribution >= 0.6 is 11.6 Å². The molecule has 0 radical (unpaired) electrons. The van der Waals surface area contributed by atoms with E-state index in [9.17, 15) is 9.59 Å². The van der Waals surface area contributed by atoms with Crippen LogP contribution in [0.3, 0.4) is 0 Å². The number of hydrogen-bond donors (Lipinski definition) is 1. The lowest BCUT2D eigenvalue weighted by molar-refractivity contribution is -0.126. The van der Waals surface area contributed by atoms with Crippen molar-refractivity contribution in [3.63, 3.8) is 0 Å². The highest BCUT2D eigenvalue weighted by Gasteiger charge is 2.44. The normalized spacial score (nSPS) is 21.1. The summed E-state index contributed by atoms with van der Waals surface area (Å²) in [4.78, 5) is 32.5. The van der Waals surface area contributed by atoms with Crippen molar-refractivity contribution in [1.82, 2.24) is 9.80 Å². The van der Waals surface area contributed by atoms with Crippen LogP contribution in [0.4, 0.5) is 5.69 Å². The van der Waals surface area contributed by atoms with Gasteiger partial charge in [0.25, 0.3) is 5.91 Å². The zero-order chi connectivity index (χ0) is 27.3. The lowest BCUT2D eigenvalue weighted by Gasteiger charge is -2.48. The Morgan fingerprint density at radius 1 is 1.03 bits per heavy atom. The number of fused-ring (bicyclic) bond motifs is 1. The molecule has 2 saturated heterocycles. The molecule has 1 N–H and O–H groups in total. The minimum Gasteiger partial charge on any atom is -0.497 e. The summed E-state index contributed by atoms with van der Waals surface area (Å²) >= 11 is 6.12. The minimum absolute atomic E-state index is 0.155. The highest BCUT2D eigenvalue weighted by Crippen LogP contribution is 2.35. The average molecular weight is 542 g/mol. The second kappa shape index (κ2) is 12.4. The number of nitrogens with one attached hydrogen (secondary N) is 1. The molecule has 206 valence electrons. The Labute approximate surface area is 231 Å². The van der Waals surface area contributed by atoms with E-state index < -0.39 is 5.54 Å². The number of hydrogen-bond acceptors (Lipinski definition) is 5. The minimum atomic E-state index is -1.08. The molecular formula is C30H40ClN3O4. The van der Waals surface area contributed by atoms with E-state index in [-0.39, 0.29) is 11.8 Å². The van der Waals surface area contributed by atoms with Gasteiger partial charge in [-0.2, -0.15) is 0 Å². The SMILES string of the molecule is CC[C@](C)(C(=O)Nc1cc(OC)cc(OC)c1)N(C[C@@H]1CCCN2CCCC[C@@H]12)C(=O)c1ccc(Cl)cc1. The number of halogens is 1. The molecule has 2 fully saturated rings. The Kier molecular flexibility index (Phi) is 9.21. The van der Waals surface area contributed by atoms with Gasteiger partial charge in [-0.3, -0.25) is 9.59 Å². The first-order chi connectivity index (χ1) is 18.3. The van der Waals surface area contributed by atoms with Crippen molar-refractivity contribution in [2.24, 2.45) is 5.92 Å². The predicted octanol–water partition coefficient (Wildman–Crippen LogP) is 5.87. The van der Waals surface area contributed by atoms with Crippen LogP contribution in [0.15, 0.2) is 42.5 Å². The van der Waals surface area contributed by atoms with Crippen LogP contribution in [0.25, 0.3) is 0 Å². The van der Waals surface area contributed by atoms with Gasteiger partial charge in [0.05, 0.1) is 14.2 Å². The number of methoxy groups -OCH3 is 2. The summed E-state index contributed by atoms with van der Waals surface area (Å²) in [7, 11) is 3.14. The standard InChI is InChI=1S/C30H40ClN3O4/c1-5-30(2,29(36)32-24-17-25(37-3)19-26(18-24)38-4)34(28(35)21-11-13-23(31)14-12-21)20-22-9-8-16-33-15-7-6-10-27(22)33/h11-14,17-19,22,27H,5-10,15-16,20H2,1-4H3,(H,32,36)/t22-,27-,30+/m0/s1. The molecule has 0 aliphatic carbocycles. The van der Waals surface area contributed by atoms with Crippen LogP contribution in [0.2, 0.25) is 5.02 Å². The number of carbonyl (C=O) groups is 2. The quantitative estimate of drug-likeness (QED) is 0.430. The molecule has 0 unspecified atom stereocenters. The fraction of sp³-hybridized carbons (Fsp3) is 0.533. The van der Waals surface area contributed by atoms with E-state index in [0.717, 1.165) is 32.4 Å². The molecule has 4 rings (SSSR count).